The maximum Gasteiger partial charge on any atom is 0.0489 e. The molecule has 0 bridgehead atoms. The first kappa shape index (κ1) is 16.2. The monoisotopic (exact) mass is 303 g/mol. The molecule has 1 N–H and O–H groups in total. The zero-order chi connectivity index (χ0) is 14.9. The van der Waals surface area contributed by atoms with Crippen LogP contribution in [-0.4, -0.2) is 19.8 Å². The second-order valence-corrected chi connectivity index (χ2v) is 6.66. The molecule has 0 aliphatic carbocycles. The predicted molar refractivity (Wildman–Crippen MR) is 91.7 cm³/mol. The second kappa shape index (κ2) is 8.98. The molecule has 0 amide bonds. The van der Waals surface area contributed by atoms with Crippen molar-refractivity contribution in [3.8, 4) is 11.1 Å². The van der Waals surface area contributed by atoms with Crippen LogP contribution in [0.25, 0.3) is 11.1 Å². The average Bonchev–Trinajstić information content (AvgIpc) is 2.96. The van der Waals surface area contributed by atoms with E-state index >= 15 is 0 Å². The number of ether oxygens (including phenoxy) is 1. The Hall–Kier alpha value is -1.16. The summed E-state index contributed by atoms with van der Waals surface area (Å²) in [6, 6.07) is 12.8. The van der Waals surface area contributed by atoms with Crippen LogP contribution in [0, 0.1) is 5.92 Å². The van der Waals surface area contributed by atoms with Crippen molar-refractivity contribution >= 4 is 11.3 Å². The van der Waals surface area contributed by atoms with Gasteiger partial charge in [0.05, 0.1) is 0 Å². The first-order valence-corrected chi connectivity index (χ1v) is 8.55. The lowest BCUT2D eigenvalue weighted by Gasteiger charge is -2.07. The summed E-state index contributed by atoms with van der Waals surface area (Å²) in [5.74, 6) is 0.625. The number of hydrogen-bond acceptors (Lipinski definition) is 3. The normalized spacial score (nSPS) is 11.2. The molecule has 0 spiro atoms. The van der Waals surface area contributed by atoms with Crippen LogP contribution in [0.15, 0.2) is 41.8 Å². The Kier molecular flexibility index (Phi) is 6.93. The standard InChI is InChI=1S/C18H25NOS/c1-15(2)13-20-10-6-9-19-12-18-11-17(14-21-18)16-7-4-3-5-8-16/h3-5,7-8,11,14-15,19H,6,9-10,12-13H2,1-2H3. The lowest BCUT2D eigenvalue weighted by atomic mass is 10.1. The number of thiophene rings is 1. The van der Waals surface area contributed by atoms with Crippen LogP contribution >= 0.6 is 11.3 Å². The van der Waals surface area contributed by atoms with Gasteiger partial charge in [-0.1, -0.05) is 44.2 Å². The molecule has 0 fully saturated rings. The highest BCUT2D eigenvalue weighted by Gasteiger charge is 2.01. The topological polar surface area (TPSA) is 21.3 Å². The van der Waals surface area contributed by atoms with E-state index in [1.54, 1.807) is 0 Å². The smallest absolute Gasteiger partial charge is 0.0489 e. The van der Waals surface area contributed by atoms with E-state index in [0.29, 0.717) is 5.92 Å². The molecule has 0 saturated heterocycles. The van der Waals surface area contributed by atoms with Gasteiger partial charge < -0.3 is 10.1 Å². The van der Waals surface area contributed by atoms with Crippen molar-refractivity contribution in [1.29, 1.82) is 0 Å². The number of hydrogen-bond donors (Lipinski definition) is 1. The highest BCUT2D eigenvalue weighted by atomic mass is 32.1. The van der Waals surface area contributed by atoms with Gasteiger partial charge in [0.2, 0.25) is 0 Å². The van der Waals surface area contributed by atoms with Crippen molar-refractivity contribution in [2.75, 3.05) is 19.8 Å². The number of benzene rings is 1. The van der Waals surface area contributed by atoms with E-state index in [0.717, 1.165) is 32.7 Å². The first-order valence-electron chi connectivity index (χ1n) is 7.67. The zero-order valence-electron chi connectivity index (χ0n) is 13.0. The third-order valence-electron chi connectivity index (χ3n) is 3.15. The lowest BCUT2D eigenvalue weighted by Crippen LogP contribution is -2.16. The molecule has 1 aromatic heterocycles. The van der Waals surface area contributed by atoms with Crippen molar-refractivity contribution in [3.63, 3.8) is 0 Å². The van der Waals surface area contributed by atoms with Crippen molar-refractivity contribution in [2.45, 2.75) is 26.8 Å². The van der Waals surface area contributed by atoms with Crippen molar-refractivity contribution in [1.82, 2.24) is 5.32 Å². The molecule has 0 aliphatic rings. The van der Waals surface area contributed by atoms with Crippen molar-refractivity contribution < 1.29 is 4.74 Å². The zero-order valence-corrected chi connectivity index (χ0v) is 13.8. The van der Waals surface area contributed by atoms with Gasteiger partial charge in [-0.2, -0.15) is 0 Å². The van der Waals surface area contributed by atoms with Crippen LogP contribution < -0.4 is 5.32 Å². The van der Waals surface area contributed by atoms with Crippen LogP contribution in [0.5, 0.6) is 0 Å². The molecule has 3 heteroatoms. The van der Waals surface area contributed by atoms with E-state index < -0.39 is 0 Å². The Labute approximate surface area is 132 Å². The third kappa shape index (κ3) is 6.00. The molecule has 2 rings (SSSR count). The quantitative estimate of drug-likeness (QED) is 0.685. The minimum atomic E-state index is 0.625. The van der Waals surface area contributed by atoms with Gasteiger partial charge in [-0.15, -0.1) is 11.3 Å². The van der Waals surface area contributed by atoms with E-state index in [2.05, 4.69) is 60.9 Å². The van der Waals surface area contributed by atoms with Crippen LogP contribution in [0.2, 0.25) is 0 Å². The van der Waals surface area contributed by atoms with Crippen LogP contribution in [-0.2, 0) is 11.3 Å². The molecule has 2 aromatic rings. The minimum Gasteiger partial charge on any atom is -0.381 e. The van der Waals surface area contributed by atoms with E-state index in [1.165, 1.54) is 16.0 Å². The Morgan fingerprint density at radius 2 is 1.95 bits per heavy atom. The van der Waals surface area contributed by atoms with Gasteiger partial charge >= 0.3 is 0 Å². The van der Waals surface area contributed by atoms with Gasteiger partial charge in [-0.05, 0) is 41.5 Å². The molecule has 0 aliphatic heterocycles. The van der Waals surface area contributed by atoms with Gasteiger partial charge in [-0.3, -0.25) is 0 Å². The van der Waals surface area contributed by atoms with E-state index in [1.807, 2.05) is 11.3 Å². The third-order valence-corrected chi connectivity index (χ3v) is 4.09. The predicted octanol–water partition coefficient (Wildman–Crippen LogP) is 4.57. The summed E-state index contributed by atoms with van der Waals surface area (Å²) in [6.07, 6.45) is 1.07. The van der Waals surface area contributed by atoms with Gasteiger partial charge in [0, 0.05) is 24.6 Å². The van der Waals surface area contributed by atoms with Gasteiger partial charge in [-0.25, -0.2) is 0 Å². The molecular formula is C18H25NOS. The summed E-state index contributed by atoms with van der Waals surface area (Å²) < 4.78 is 5.57. The molecule has 21 heavy (non-hydrogen) atoms. The Bertz CT molecular complexity index is 507. The summed E-state index contributed by atoms with van der Waals surface area (Å²) in [5.41, 5.74) is 2.61. The van der Waals surface area contributed by atoms with Gasteiger partial charge in [0.25, 0.3) is 0 Å². The average molecular weight is 303 g/mol. The Balaban J connectivity index is 1.65. The van der Waals surface area contributed by atoms with Crippen LogP contribution in [0.1, 0.15) is 25.1 Å². The molecule has 2 nitrogen and oxygen atoms in total. The summed E-state index contributed by atoms with van der Waals surface area (Å²) in [5, 5.41) is 5.72. The van der Waals surface area contributed by atoms with Crippen molar-refractivity contribution in [3.05, 3.63) is 46.7 Å². The molecule has 0 atom stereocenters. The minimum absolute atomic E-state index is 0.625. The molecule has 0 unspecified atom stereocenters. The largest absolute Gasteiger partial charge is 0.381 e. The summed E-state index contributed by atoms with van der Waals surface area (Å²) >= 11 is 1.82. The molecular weight excluding hydrogens is 278 g/mol. The Morgan fingerprint density at radius 1 is 1.14 bits per heavy atom. The van der Waals surface area contributed by atoms with Gasteiger partial charge in [0.1, 0.15) is 0 Å². The number of rotatable bonds is 9. The van der Waals surface area contributed by atoms with E-state index in [-0.39, 0.29) is 0 Å². The second-order valence-electron chi connectivity index (χ2n) is 5.67. The SMILES string of the molecule is CC(C)COCCCNCc1cc(-c2ccccc2)cs1. The Morgan fingerprint density at radius 3 is 2.71 bits per heavy atom. The first-order chi connectivity index (χ1) is 10.3. The molecule has 1 heterocycles. The highest BCUT2D eigenvalue weighted by molar-refractivity contribution is 7.10. The van der Waals surface area contributed by atoms with Crippen LogP contribution in [0.4, 0.5) is 0 Å². The molecule has 1 aromatic carbocycles. The van der Waals surface area contributed by atoms with Gasteiger partial charge in [0.15, 0.2) is 0 Å². The lowest BCUT2D eigenvalue weighted by molar-refractivity contribution is 0.108. The maximum absolute atomic E-state index is 5.57. The summed E-state index contributed by atoms with van der Waals surface area (Å²) in [6.45, 7) is 8.04. The van der Waals surface area contributed by atoms with Crippen LogP contribution in [0.3, 0.4) is 0 Å². The number of nitrogens with one attached hydrogen (secondary N) is 1. The molecule has 0 radical (unpaired) electrons. The van der Waals surface area contributed by atoms with E-state index in [4.69, 9.17) is 4.74 Å². The fraction of sp³-hybridized carbons (Fsp3) is 0.444. The van der Waals surface area contributed by atoms with Crippen molar-refractivity contribution in [2.24, 2.45) is 5.92 Å². The summed E-state index contributed by atoms with van der Waals surface area (Å²) in [4.78, 5) is 1.39. The fourth-order valence-corrected chi connectivity index (χ4v) is 2.95. The fourth-order valence-electron chi connectivity index (χ4n) is 2.09. The maximum atomic E-state index is 5.57. The molecule has 114 valence electrons. The highest BCUT2D eigenvalue weighted by Crippen LogP contribution is 2.25. The molecule has 0 saturated carbocycles. The summed E-state index contributed by atoms with van der Waals surface area (Å²) in [7, 11) is 0. The van der Waals surface area contributed by atoms with E-state index in [9.17, 15) is 0 Å².